The normalized spacial score (nSPS) is 21.3. The van der Waals surface area contributed by atoms with Crippen LogP contribution in [0.1, 0.15) is 43.7 Å². The number of rotatable bonds is 10. The number of hydrogen-bond donors (Lipinski definition) is 5. The Bertz CT molecular complexity index is 1530. The SMILES string of the molecule is CCC1=C([C@H](O)CC/C(=C/c2ccc(O)cc2)c2ccccc2)[C@H](CO)[C@@H]2C(=O)N(c3cccc(B(O)O)c3)C(=O)[C@@H]2C1. The van der Waals surface area contributed by atoms with Crippen LogP contribution < -0.4 is 10.4 Å². The summed E-state index contributed by atoms with van der Waals surface area (Å²) in [7, 11) is -1.75. The summed E-state index contributed by atoms with van der Waals surface area (Å²) in [5.74, 6) is -2.90. The summed E-state index contributed by atoms with van der Waals surface area (Å²) in [6.45, 7) is 1.55. The van der Waals surface area contributed by atoms with Crippen molar-refractivity contribution in [2.75, 3.05) is 11.5 Å². The van der Waals surface area contributed by atoms with Crippen molar-refractivity contribution in [3.05, 3.63) is 101 Å². The second kappa shape index (κ2) is 13.1. The highest BCUT2D eigenvalue weighted by atomic mass is 16.4. The predicted octanol–water partition coefficient (Wildman–Crippen LogP) is 3.28. The summed E-state index contributed by atoms with van der Waals surface area (Å²) in [6.07, 6.45) is 2.80. The number of phenolic OH excluding ortho intramolecular Hbond substituents is 1. The van der Waals surface area contributed by atoms with E-state index in [9.17, 15) is 35.0 Å². The minimum atomic E-state index is -1.75. The van der Waals surface area contributed by atoms with E-state index >= 15 is 0 Å². The summed E-state index contributed by atoms with van der Waals surface area (Å²) < 4.78 is 0. The van der Waals surface area contributed by atoms with Crippen molar-refractivity contribution in [2.45, 2.75) is 38.7 Å². The number of carbonyl (C=O) groups is 2. The van der Waals surface area contributed by atoms with Crippen LogP contribution in [-0.2, 0) is 9.59 Å². The first kappa shape index (κ1) is 30.4. The van der Waals surface area contributed by atoms with E-state index in [-0.39, 0.29) is 22.8 Å². The van der Waals surface area contributed by atoms with Gasteiger partial charge in [0.15, 0.2) is 0 Å². The van der Waals surface area contributed by atoms with Gasteiger partial charge in [-0.15, -0.1) is 0 Å². The summed E-state index contributed by atoms with van der Waals surface area (Å²) in [6, 6.07) is 22.7. The topological polar surface area (TPSA) is 139 Å². The monoisotopic (exact) mass is 581 g/mol. The number of anilines is 1. The molecule has 8 nitrogen and oxygen atoms in total. The van der Waals surface area contributed by atoms with E-state index in [1.165, 1.54) is 12.1 Å². The van der Waals surface area contributed by atoms with Crippen molar-refractivity contribution < 1.29 is 35.0 Å². The fourth-order valence-electron chi connectivity index (χ4n) is 6.55. The first-order chi connectivity index (χ1) is 20.7. The van der Waals surface area contributed by atoms with E-state index in [1.54, 1.807) is 24.3 Å². The molecule has 1 saturated heterocycles. The number of aliphatic hydroxyl groups is 2. The molecule has 2 amide bonds. The number of amides is 2. The lowest BCUT2D eigenvalue weighted by atomic mass is 9.67. The summed E-state index contributed by atoms with van der Waals surface area (Å²) in [5, 5.41) is 51.1. The van der Waals surface area contributed by atoms with Crippen molar-refractivity contribution in [3.63, 3.8) is 0 Å². The molecule has 5 rings (SSSR count). The molecule has 0 spiro atoms. The molecule has 3 aromatic rings. The molecule has 5 N–H and O–H groups in total. The van der Waals surface area contributed by atoms with Crippen molar-refractivity contribution >= 4 is 41.7 Å². The highest BCUT2D eigenvalue weighted by Gasteiger charge is 2.55. The van der Waals surface area contributed by atoms with Crippen LogP contribution in [0.4, 0.5) is 5.69 Å². The largest absolute Gasteiger partial charge is 0.508 e. The lowest BCUT2D eigenvalue weighted by Gasteiger charge is -2.36. The van der Waals surface area contributed by atoms with Gasteiger partial charge in [-0.3, -0.25) is 14.5 Å². The lowest BCUT2D eigenvalue weighted by molar-refractivity contribution is -0.123. The molecule has 1 fully saturated rings. The quantitative estimate of drug-likeness (QED) is 0.107. The lowest BCUT2D eigenvalue weighted by Crippen LogP contribution is -2.39. The predicted molar refractivity (Wildman–Crippen MR) is 166 cm³/mol. The second-order valence-electron chi connectivity index (χ2n) is 11.2. The fraction of sp³-hybridized carbons (Fsp3) is 0.294. The van der Waals surface area contributed by atoms with Gasteiger partial charge in [0.2, 0.25) is 11.8 Å². The van der Waals surface area contributed by atoms with E-state index in [4.69, 9.17) is 0 Å². The average molecular weight is 581 g/mol. The van der Waals surface area contributed by atoms with Crippen LogP contribution in [0.2, 0.25) is 0 Å². The number of carbonyl (C=O) groups excluding carboxylic acids is 2. The fourth-order valence-corrected chi connectivity index (χ4v) is 6.55. The van der Waals surface area contributed by atoms with Crippen molar-refractivity contribution in [1.82, 2.24) is 0 Å². The van der Waals surface area contributed by atoms with Gasteiger partial charge < -0.3 is 25.4 Å². The van der Waals surface area contributed by atoms with E-state index in [2.05, 4.69) is 0 Å². The Hall–Kier alpha value is -4.02. The van der Waals surface area contributed by atoms with E-state index in [1.807, 2.05) is 55.5 Å². The number of nitrogens with zero attached hydrogens (tertiary/aromatic N) is 1. The van der Waals surface area contributed by atoms with Crippen molar-refractivity contribution in [2.24, 2.45) is 17.8 Å². The van der Waals surface area contributed by atoms with Gasteiger partial charge in [-0.25, -0.2) is 0 Å². The van der Waals surface area contributed by atoms with E-state index in [0.29, 0.717) is 31.3 Å². The summed E-state index contributed by atoms with van der Waals surface area (Å²) in [4.78, 5) is 28.5. The number of imide groups is 1. The third-order valence-corrected chi connectivity index (χ3v) is 8.66. The zero-order chi connectivity index (χ0) is 30.7. The number of aromatic hydroxyl groups is 1. The Balaban J connectivity index is 1.42. The van der Waals surface area contributed by atoms with Gasteiger partial charge in [-0.05, 0) is 77.7 Å². The van der Waals surface area contributed by atoms with Crippen molar-refractivity contribution in [3.8, 4) is 5.75 Å². The maximum Gasteiger partial charge on any atom is 0.488 e. The maximum absolute atomic E-state index is 13.8. The number of hydrogen-bond acceptors (Lipinski definition) is 7. The van der Waals surface area contributed by atoms with Gasteiger partial charge in [0.05, 0.1) is 30.2 Å². The van der Waals surface area contributed by atoms with Crippen LogP contribution in [0.5, 0.6) is 5.75 Å². The minimum absolute atomic E-state index is 0.157. The van der Waals surface area contributed by atoms with Crippen LogP contribution in [0.3, 0.4) is 0 Å². The van der Waals surface area contributed by atoms with E-state index < -0.39 is 43.5 Å². The number of aliphatic hydroxyl groups excluding tert-OH is 2. The molecule has 0 aromatic heterocycles. The highest BCUT2D eigenvalue weighted by molar-refractivity contribution is 6.58. The molecular formula is C34H36BNO7. The molecule has 9 heteroatoms. The number of benzene rings is 3. The van der Waals surface area contributed by atoms with Crippen LogP contribution >= 0.6 is 0 Å². The standard InChI is InChI=1S/C34H36BNO7/c1-2-22-18-28-32(34(41)36(33(28)40)26-10-6-9-25(19-26)35(42)43)29(20-37)31(22)30(39)16-13-24(23-7-4-3-5-8-23)17-21-11-14-27(38)15-12-21/h3-12,14-15,17,19,28-30,32,37-39,42-43H,2,13,16,18,20H2,1H3/b24-17-/t28-,29+,30-,32-/m1/s1. The average Bonchev–Trinajstić information content (AvgIpc) is 3.28. The first-order valence-electron chi connectivity index (χ1n) is 14.6. The van der Waals surface area contributed by atoms with Gasteiger partial charge in [0.25, 0.3) is 0 Å². The van der Waals surface area contributed by atoms with Gasteiger partial charge in [0.1, 0.15) is 5.75 Å². The molecular weight excluding hydrogens is 545 g/mol. The van der Waals surface area contributed by atoms with Gasteiger partial charge in [0, 0.05) is 5.92 Å². The minimum Gasteiger partial charge on any atom is -0.508 e. The number of fused-ring (bicyclic) bond motifs is 1. The van der Waals surface area contributed by atoms with Gasteiger partial charge in [-0.1, -0.05) is 73.2 Å². The second-order valence-corrected chi connectivity index (χ2v) is 11.2. The maximum atomic E-state index is 13.8. The number of phenols is 1. The Morgan fingerprint density at radius 1 is 1.00 bits per heavy atom. The molecule has 2 aliphatic rings. The molecule has 1 aliphatic heterocycles. The summed E-state index contributed by atoms with van der Waals surface area (Å²) in [5.41, 5.74) is 4.80. The van der Waals surface area contributed by atoms with Crippen LogP contribution in [0.25, 0.3) is 11.6 Å². The molecule has 43 heavy (non-hydrogen) atoms. The molecule has 1 heterocycles. The zero-order valence-electron chi connectivity index (χ0n) is 24.0. The van der Waals surface area contributed by atoms with Gasteiger partial charge in [-0.2, -0.15) is 0 Å². The summed E-state index contributed by atoms with van der Waals surface area (Å²) >= 11 is 0. The Kier molecular flexibility index (Phi) is 9.27. The van der Waals surface area contributed by atoms with Gasteiger partial charge >= 0.3 is 7.12 Å². The molecule has 0 bridgehead atoms. The molecule has 0 saturated carbocycles. The molecule has 0 unspecified atom stereocenters. The Morgan fingerprint density at radius 3 is 2.37 bits per heavy atom. The highest BCUT2D eigenvalue weighted by Crippen LogP contribution is 2.48. The van der Waals surface area contributed by atoms with Crippen LogP contribution in [-0.4, -0.2) is 57.0 Å². The van der Waals surface area contributed by atoms with E-state index in [0.717, 1.165) is 27.2 Å². The Morgan fingerprint density at radius 2 is 1.72 bits per heavy atom. The van der Waals surface area contributed by atoms with Crippen LogP contribution in [0.15, 0.2) is 90.0 Å². The third kappa shape index (κ3) is 6.21. The molecule has 3 aromatic carbocycles. The third-order valence-electron chi connectivity index (χ3n) is 8.66. The zero-order valence-corrected chi connectivity index (χ0v) is 24.0. The van der Waals surface area contributed by atoms with Crippen molar-refractivity contribution in [1.29, 1.82) is 0 Å². The molecule has 222 valence electrons. The first-order valence-corrected chi connectivity index (χ1v) is 14.6. The molecule has 1 aliphatic carbocycles. The smallest absolute Gasteiger partial charge is 0.488 e. The molecule has 4 atom stereocenters. The van der Waals surface area contributed by atoms with Crippen LogP contribution in [0, 0.1) is 17.8 Å². The number of allylic oxidation sites excluding steroid dienone is 2. The Labute approximate surface area is 251 Å². The molecule has 0 radical (unpaired) electrons.